The number of aliphatic hydroxyl groups is 1. The molecule has 0 bridgehead atoms. The Kier molecular flexibility index (Phi) is 2.99. The molecule has 2 unspecified atom stereocenters. The summed E-state index contributed by atoms with van der Waals surface area (Å²) < 4.78 is 0. The molecular weight excluding hydrogens is 176 g/mol. The van der Waals surface area contributed by atoms with E-state index in [9.17, 15) is 5.11 Å². The molecule has 2 aliphatic rings. The summed E-state index contributed by atoms with van der Waals surface area (Å²) in [4.78, 5) is 2.32. The lowest BCUT2D eigenvalue weighted by Crippen LogP contribution is -2.41. The highest BCUT2D eigenvalue weighted by Gasteiger charge is 2.42. The zero-order chi connectivity index (χ0) is 7.90. The Morgan fingerprint density at radius 1 is 1.58 bits per heavy atom. The van der Waals surface area contributed by atoms with Crippen molar-refractivity contribution < 1.29 is 5.11 Å². The Morgan fingerprint density at radius 3 is 2.75 bits per heavy atom. The van der Waals surface area contributed by atoms with Crippen LogP contribution in [0.2, 0.25) is 0 Å². The van der Waals surface area contributed by atoms with Crippen molar-refractivity contribution in [3.63, 3.8) is 0 Å². The van der Waals surface area contributed by atoms with Gasteiger partial charge in [-0.25, -0.2) is 0 Å². The Bertz CT molecular complexity index is 147. The van der Waals surface area contributed by atoms with Crippen LogP contribution < -0.4 is 5.32 Å². The lowest BCUT2D eigenvalue weighted by atomic mass is 9.96. The highest BCUT2D eigenvalue weighted by atomic mass is 35.5. The first-order chi connectivity index (χ1) is 5.20. The van der Waals surface area contributed by atoms with Gasteiger partial charge in [-0.2, -0.15) is 0 Å². The maximum atomic E-state index is 9.36. The van der Waals surface area contributed by atoms with Gasteiger partial charge in [0.15, 0.2) is 0 Å². The molecule has 2 saturated heterocycles. The Labute approximate surface area is 79.5 Å². The molecule has 2 heterocycles. The lowest BCUT2D eigenvalue weighted by molar-refractivity contribution is 0.184. The molecule has 0 aromatic carbocycles. The van der Waals surface area contributed by atoms with E-state index in [4.69, 9.17) is 0 Å². The van der Waals surface area contributed by atoms with Gasteiger partial charge in [0.25, 0.3) is 0 Å². The van der Waals surface area contributed by atoms with Crippen molar-refractivity contribution in [1.82, 2.24) is 10.2 Å². The van der Waals surface area contributed by atoms with Gasteiger partial charge in [-0.3, -0.25) is 0 Å². The van der Waals surface area contributed by atoms with Crippen molar-refractivity contribution >= 4 is 12.4 Å². The topological polar surface area (TPSA) is 35.5 Å². The van der Waals surface area contributed by atoms with E-state index in [1.165, 1.54) is 13.0 Å². The molecule has 12 heavy (non-hydrogen) atoms. The van der Waals surface area contributed by atoms with Crippen molar-refractivity contribution in [3.8, 4) is 0 Å². The fourth-order valence-corrected chi connectivity index (χ4v) is 2.32. The number of halogens is 1. The van der Waals surface area contributed by atoms with Crippen LogP contribution in [0.3, 0.4) is 0 Å². The van der Waals surface area contributed by atoms with E-state index < -0.39 is 0 Å². The second kappa shape index (κ2) is 3.50. The van der Waals surface area contributed by atoms with Crippen molar-refractivity contribution in [2.75, 3.05) is 26.7 Å². The van der Waals surface area contributed by atoms with Gasteiger partial charge in [-0.1, -0.05) is 0 Å². The number of hydrogen-bond donors (Lipinski definition) is 2. The molecule has 4 heteroatoms. The summed E-state index contributed by atoms with van der Waals surface area (Å²) in [5.74, 6) is 0. The highest BCUT2D eigenvalue weighted by molar-refractivity contribution is 5.85. The summed E-state index contributed by atoms with van der Waals surface area (Å²) in [5, 5.41) is 12.8. The van der Waals surface area contributed by atoms with Gasteiger partial charge in [-0.15, -0.1) is 12.4 Å². The van der Waals surface area contributed by atoms with E-state index in [0.717, 1.165) is 19.5 Å². The summed E-state index contributed by atoms with van der Waals surface area (Å²) in [6.07, 6.45) is 2.03. The zero-order valence-corrected chi connectivity index (χ0v) is 8.23. The number of β-amino-alcohol motifs (C(OH)–C–C–N with tert-alkyl or cyclic N) is 1. The number of hydrogen-bond acceptors (Lipinski definition) is 3. The monoisotopic (exact) mass is 192 g/mol. The van der Waals surface area contributed by atoms with Gasteiger partial charge in [0.05, 0.1) is 6.10 Å². The van der Waals surface area contributed by atoms with E-state index in [2.05, 4.69) is 17.3 Å². The van der Waals surface area contributed by atoms with Crippen LogP contribution >= 0.6 is 12.4 Å². The molecule has 2 rings (SSSR count). The molecule has 3 nitrogen and oxygen atoms in total. The minimum Gasteiger partial charge on any atom is -0.392 e. The molecule has 0 saturated carbocycles. The maximum Gasteiger partial charge on any atom is 0.0682 e. The average Bonchev–Trinajstić information content (AvgIpc) is 2.44. The lowest BCUT2D eigenvalue weighted by Gasteiger charge is -2.22. The van der Waals surface area contributed by atoms with E-state index >= 15 is 0 Å². The normalized spacial score (nSPS) is 42.0. The number of likely N-dealkylation sites (N-methyl/N-ethyl adjacent to an activating group) is 1. The highest BCUT2D eigenvalue weighted by Crippen LogP contribution is 2.28. The van der Waals surface area contributed by atoms with Crippen LogP contribution in [0.5, 0.6) is 0 Å². The molecule has 2 aliphatic heterocycles. The minimum absolute atomic E-state index is 0. The number of aliphatic hydroxyl groups excluding tert-OH is 1. The van der Waals surface area contributed by atoms with Gasteiger partial charge in [0.2, 0.25) is 0 Å². The first-order valence-electron chi connectivity index (χ1n) is 4.32. The average molecular weight is 193 g/mol. The molecule has 72 valence electrons. The molecule has 0 aliphatic carbocycles. The van der Waals surface area contributed by atoms with Crippen LogP contribution in [-0.4, -0.2) is 48.3 Å². The molecule has 0 aromatic rings. The van der Waals surface area contributed by atoms with E-state index in [1.54, 1.807) is 0 Å². The van der Waals surface area contributed by atoms with Gasteiger partial charge in [0.1, 0.15) is 0 Å². The standard InChI is InChI=1S/C8H16N2O.ClH/c1-10-3-2-8(6-10)4-7(11)5-9-8;/h7,9,11H,2-6H2,1H3;1H. The quantitative estimate of drug-likeness (QED) is 0.560. The van der Waals surface area contributed by atoms with Crippen molar-refractivity contribution in [2.24, 2.45) is 0 Å². The molecule has 2 fully saturated rings. The summed E-state index contributed by atoms with van der Waals surface area (Å²) in [5.41, 5.74) is 0.258. The van der Waals surface area contributed by atoms with Crippen molar-refractivity contribution in [1.29, 1.82) is 0 Å². The number of likely N-dealkylation sites (tertiary alicyclic amines) is 1. The van der Waals surface area contributed by atoms with Crippen LogP contribution in [0.4, 0.5) is 0 Å². The molecule has 0 amide bonds. The third-order valence-corrected chi connectivity index (χ3v) is 2.88. The summed E-state index contributed by atoms with van der Waals surface area (Å²) in [6.45, 7) is 3.05. The number of rotatable bonds is 0. The first kappa shape index (κ1) is 10.3. The van der Waals surface area contributed by atoms with Gasteiger partial charge in [-0.05, 0) is 26.4 Å². The van der Waals surface area contributed by atoms with Crippen molar-refractivity contribution in [3.05, 3.63) is 0 Å². The fraction of sp³-hybridized carbons (Fsp3) is 1.00. The fourth-order valence-electron chi connectivity index (χ4n) is 2.32. The third-order valence-electron chi connectivity index (χ3n) is 2.88. The minimum atomic E-state index is -0.110. The van der Waals surface area contributed by atoms with E-state index in [0.29, 0.717) is 0 Å². The third kappa shape index (κ3) is 1.74. The van der Waals surface area contributed by atoms with Crippen LogP contribution in [-0.2, 0) is 0 Å². The van der Waals surface area contributed by atoms with E-state index in [1.807, 2.05) is 0 Å². The molecule has 2 atom stereocenters. The Hall–Kier alpha value is 0.170. The largest absolute Gasteiger partial charge is 0.392 e. The van der Waals surface area contributed by atoms with Crippen LogP contribution in [0.1, 0.15) is 12.8 Å². The van der Waals surface area contributed by atoms with Crippen LogP contribution in [0.15, 0.2) is 0 Å². The van der Waals surface area contributed by atoms with Crippen molar-refractivity contribution in [2.45, 2.75) is 24.5 Å². The number of nitrogens with one attached hydrogen (secondary N) is 1. The SMILES string of the molecule is CN1CCC2(CC(O)CN2)C1.Cl. The predicted molar refractivity (Wildman–Crippen MR) is 50.7 cm³/mol. The van der Waals surface area contributed by atoms with Gasteiger partial charge in [0, 0.05) is 18.6 Å². The second-order valence-corrected chi connectivity index (χ2v) is 4.01. The van der Waals surface area contributed by atoms with Crippen LogP contribution in [0, 0.1) is 0 Å². The van der Waals surface area contributed by atoms with Crippen LogP contribution in [0.25, 0.3) is 0 Å². The summed E-state index contributed by atoms with van der Waals surface area (Å²) >= 11 is 0. The van der Waals surface area contributed by atoms with E-state index in [-0.39, 0.29) is 24.0 Å². The summed E-state index contributed by atoms with van der Waals surface area (Å²) in [6, 6.07) is 0. The summed E-state index contributed by atoms with van der Waals surface area (Å²) in [7, 11) is 2.14. The maximum absolute atomic E-state index is 9.36. The van der Waals surface area contributed by atoms with Gasteiger partial charge >= 0.3 is 0 Å². The second-order valence-electron chi connectivity index (χ2n) is 4.01. The smallest absolute Gasteiger partial charge is 0.0682 e. The Balaban J connectivity index is 0.000000720. The molecule has 2 N–H and O–H groups in total. The molecule has 1 spiro atoms. The zero-order valence-electron chi connectivity index (χ0n) is 7.42. The Morgan fingerprint density at radius 2 is 2.33 bits per heavy atom. The molecule has 0 radical (unpaired) electrons. The molecule has 0 aromatic heterocycles. The van der Waals surface area contributed by atoms with Gasteiger partial charge < -0.3 is 15.3 Å². The first-order valence-corrected chi connectivity index (χ1v) is 4.32. The predicted octanol–water partition coefficient (Wildman–Crippen LogP) is -0.163. The number of nitrogens with zero attached hydrogens (tertiary/aromatic N) is 1. The molecular formula is C8H17ClN2O.